The molecule has 2 rings (SSSR count). The molecule has 0 aliphatic heterocycles. The number of hydrogen-bond acceptors (Lipinski definition) is 4. The smallest absolute Gasteiger partial charge is 0.252 e. The number of carbonyl (C=O) groups excluding carboxylic acids is 1. The number of primary amides is 1. The molecule has 0 fully saturated rings. The number of aryl methyl sites for hydroxylation is 2. The molecule has 0 radical (unpaired) electrons. The van der Waals surface area contributed by atoms with E-state index in [1.54, 1.807) is 0 Å². The number of fused-ring (bicyclic) bond motifs is 1. The maximum Gasteiger partial charge on any atom is 0.252 e. The molecule has 0 bridgehead atoms. The maximum absolute atomic E-state index is 11.4. The summed E-state index contributed by atoms with van der Waals surface area (Å²) in [5, 5.41) is 3.13. The summed E-state index contributed by atoms with van der Waals surface area (Å²) in [6.45, 7) is 1.33. The van der Waals surface area contributed by atoms with Crippen LogP contribution in [0.1, 0.15) is 34.5 Å². The van der Waals surface area contributed by atoms with Crippen molar-refractivity contribution in [2.24, 2.45) is 11.5 Å². The van der Waals surface area contributed by atoms with Crippen LogP contribution in [-0.4, -0.2) is 24.0 Å². The Morgan fingerprint density at radius 1 is 1.47 bits per heavy atom. The summed E-state index contributed by atoms with van der Waals surface area (Å²) in [4.78, 5) is 15.9. The molecule has 0 saturated heterocycles. The Morgan fingerprint density at radius 3 is 3.00 bits per heavy atom. The molecule has 1 amide bonds. The van der Waals surface area contributed by atoms with Crippen molar-refractivity contribution in [2.45, 2.75) is 25.7 Å². The molecule has 0 aromatic carbocycles. The lowest BCUT2D eigenvalue weighted by molar-refractivity contribution is 0.100. The van der Waals surface area contributed by atoms with Crippen LogP contribution in [0.4, 0.5) is 5.82 Å². The number of hydrogen-bond donors (Lipinski definition) is 3. The van der Waals surface area contributed by atoms with Crippen LogP contribution in [0, 0.1) is 0 Å². The third-order valence-corrected chi connectivity index (χ3v) is 2.99. The number of pyridine rings is 1. The second-order valence-corrected chi connectivity index (χ2v) is 4.28. The Morgan fingerprint density at radius 2 is 2.29 bits per heavy atom. The first-order chi connectivity index (χ1) is 8.22. The van der Waals surface area contributed by atoms with Gasteiger partial charge in [0.15, 0.2) is 0 Å². The number of amides is 1. The highest BCUT2D eigenvalue weighted by Gasteiger charge is 2.18. The van der Waals surface area contributed by atoms with Gasteiger partial charge in [0.2, 0.25) is 0 Å². The van der Waals surface area contributed by atoms with Crippen molar-refractivity contribution >= 4 is 11.7 Å². The van der Waals surface area contributed by atoms with Gasteiger partial charge in [-0.1, -0.05) is 0 Å². The molecule has 1 aromatic heterocycles. The minimum atomic E-state index is -0.428. The summed E-state index contributed by atoms with van der Waals surface area (Å²) >= 11 is 0. The van der Waals surface area contributed by atoms with Crippen LogP contribution in [-0.2, 0) is 12.8 Å². The summed E-state index contributed by atoms with van der Waals surface area (Å²) in [7, 11) is 0. The van der Waals surface area contributed by atoms with E-state index in [0.29, 0.717) is 24.5 Å². The normalized spacial score (nSPS) is 13.5. The molecular weight excluding hydrogens is 216 g/mol. The third kappa shape index (κ3) is 2.55. The SMILES string of the molecule is NCCCNc1nc2c(cc1C(N)=O)CCC2. The number of carbonyl (C=O) groups is 1. The van der Waals surface area contributed by atoms with Gasteiger partial charge in [-0.3, -0.25) is 4.79 Å². The molecule has 5 N–H and O–H groups in total. The maximum atomic E-state index is 11.4. The molecule has 5 heteroatoms. The van der Waals surface area contributed by atoms with Gasteiger partial charge in [0, 0.05) is 12.2 Å². The van der Waals surface area contributed by atoms with E-state index in [2.05, 4.69) is 10.3 Å². The van der Waals surface area contributed by atoms with E-state index in [1.807, 2.05) is 6.07 Å². The molecule has 17 heavy (non-hydrogen) atoms. The summed E-state index contributed by atoms with van der Waals surface area (Å²) in [5.41, 5.74) is 13.5. The van der Waals surface area contributed by atoms with Crippen molar-refractivity contribution in [1.82, 2.24) is 4.98 Å². The topological polar surface area (TPSA) is 94.0 Å². The van der Waals surface area contributed by atoms with Crippen molar-refractivity contribution in [1.29, 1.82) is 0 Å². The largest absolute Gasteiger partial charge is 0.369 e. The van der Waals surface area contributed by atoms with Gasteiger partial charge in [0.25, 0.3) is 5.91 Å². The van der Waals surface area contributed by atoms with Crippen LogP contribution in [0.15, 0.2) is 6.07 Å². The van der Waals surface area contributed by atoms with Crippen molar-refractivity contribution in [2.75, 3.05) is 18.4 Å². The first-order valence-corrected chi connectivity index (χ1v) is 5.99. The molecule has 1 aliphatic rings. The Bertz CT molecular complexity index is 431. The molecule has 0 spiro atoms. The van der Waals surface area contributed by atoms with Gasteiger partial charge in [-0.25, -0.2) is 4.98 Å². The predicted octanol–water partition coefficient (Wildman–Crippen LogP) is 0.430. The van der Waals surface area contributed by atoms with Gasteiger partial charge in [-0.05, 0) is 43.9 Å². The van der Waals surface area contributed by atoms with Crippen LogP contribution < -0.4 is 16.8 Å². The van der Waals surface area contributed by atoms with E-state index < -0.39 is 5.91 Å². The number of rotatable bonds is 5. The third-order valence-electron chi connectivity index (χ3n) is 2.99. The molecule has 1 heterocycles. The minimum Gasteiger partial charge on any atom is -0.369 e. The Labute approximate surface area is 101 Å². The van der Waals surface area contributed by atoms with Gasteiger partial charge >= 0.3 is 0 Å². The molecule has 5 nitrogen and oxygen atoms in total. The van der Waals surface area contributed by atoms with E-state index in [9.17, 15) is 4.79 Å². The first kappa shape index (κ1) is 11.9. The zero-order valence-electron chi connectivity index (χ0n) is 9.83. The Kier molecular flexibility index (Phi) is 3.58. The molecule has 0 unspecified atom stereocenters. The van der Waals surface area contributed by atoms with Crippen LogP contribution in [0.5, 0.6) is 0 Å². The van der Waals surface area contributed by atoms with E-state index in [-0.39, 0.29) is 0 Å². The molecule has 1 aromatic rings. The van der Waals surface area contributed by atoms with Gasteiger partial charge in [0.05, 0.1) is 5.56 Å². The summed E-state index contributed by atoms with van der Waals surface area (Å²) in [6.07, 6.45) is 3.93. The lowest BCUT2D eigenvalue weighted by Crippen LogP contribution is -2.18. The highest BCUT2D eigenvalue weighted by molar-refractivity contribution is 5.97. The van der Waals surface area contributed by atoms with E-state index >= 15 is 0 Å². The fraction of sp³-hybridized carbons (Fsp3) is 0.500. The monoisotopic (exact) mass is 234 g/mol. The average molecular weight is 234 g/mol. The second-order valence-electron chi connectivity index (χ2n) is 4.28. The van der Waals surface area contributed by atoms with Crippen molar-refractivity contribution < 1.29 is 4.79 Å². The minimum absolute atomic E-state index is 0.428. The van der Waals surface area contributed by atoms with Crippen molar-refractivity contribution in [3.63, 3.8) is 0 Å². The molecule has 1 aliphatic carbocycles. The highest BCUT2D eigenvalue weighted by atomic mass is 16.1. The van der Waals surface area contributed by atoms with Gasteiger partial charge in [-0.15, -0.1) is 0 Å². The number of anilines is 1. The number of nitrogens with two attached hydrogens (primary N) is 2. The van der Waals surface area contributed by atoms with E-state index in [4.69, 9.17) is 11.5 Å². The zero-order chi connectivity index (χ0) is 12.3. The molecule has 0 saturated carbocycles. The number of aromatic nitrogens is 1. The quantitative estimate of drug-likeness (QED) is 0.644. The number of nitrogens with zero attached hydrogens (tertiary/aromatic N) is 1. The highest BCUT2D eigenvalue weighted by Crippen LogP contribution is 2.25. The van der Waals surface area contributed by atoms with Crippen molar-refractivity contribution in [3.8, 4) is 0 Å². The summed E-state index contributed by atoms with van der Waals surface area (Å²) in [5.74, 6) is 0.175. The molecule has 92 valence electrons. The Balaban J connectivity index is 2.25. The average Bonchev–Trinajstić information content (AvgIpc) is 2.75. The van der Waals surface area contributed by atoms with Gasteiger partial charge < -0.3 is 16.8 Å². The van der Waals surface area contributed by atoms with Crippen LogP contribution in [0.25, 0.3) is 0 Å². The summed E-state index contributed by atoms with van der Waals surface area (Å²) in [6, 6.07) is 1.88. The second kappa shape index (κ2) is 5.14. The lowest BCUT2D eigenvalue weighted by Gasteiger charge is -2.11. The van der Waals surface area contributed by atoms with Crippen LogP contribution >= 0.6 is 0 Å². The lowest BCUT2D eigenvalue weighted by atomic mass is 10.1. The Hall–Kier alpha value is -1.62. The summed E-state index contributed by atoms with van der Waals surface area (Å²) < 4.78 is 0. The zero-order valence-corrected chi connectivity index (χ0v) is 9.83. The van der Waals surface area contributed by atoms with Crippen molar-refractivity contribution in [3.05, 3.63) is 22.9 Å². The van der Waals surface area contributed by atoms with E-state index in [1.165, 1.54) is 0 Å². The number of nitrogens with one attached hydrogen (secondary N) is 1. The fourth-order valence-electron chi connectivity index (χ4n) is 2.10. The predicted molar refractivity (Wildman–Crippen MR) is 66.9 cm³/mol. The van der Waals surface area contributed by atoms with Crippen LogP contribution in [0.2, 0.25) is 0 Å². The fourth-order valence-corrected chi connectivity index (χ4v) is 2.10. The van der Waals surface area contributed by atoms with Gasteiger partial charge in [-0.2, -0.15) is 0 Å². The van der Waals surface area contributed by atoms with Gasteiger partial charge in [0.1, 0.15) is 5.82 Å². The first-order valence-electron chi connectivity index (χ1n) is 5.99. The molecule has 0 atom stereocenters. The van der Waals surface area contributed by atoms with E-state index in [0.717, 1.165) is 36.9 Å². The van der Waals surface area contributed by atoms with Crippen LogP contribution in [0.3, 0.4) is 0 Å². The molecular formula is C12H18N4O. The standard InChI is InChI=1S/C12H18N4O/c13-5-2-6-15-12-9(11(14)17)7-8-3-1-4-10(8)16-12/h7H,1-6,13H2,(H2,14,17)(H,15,16).